The van der Waals surface area contributed by atoms with E-state index in [4.69, 9.17) is 0 Å². The fourth-order valence-electron chi connectivity index (χ4n) is 8.38. The molecule has 0 fully saturated rings. The van der Waals surface area contributed by atoms with Crippen LogP contribution in [-0.4, -0.2) is 0 Å². The molecule has 0 heteroatoms. The average molecular weight is 737 g/mol. The Morgan fingerprint density at radius 1 is 0.211 bits per heavy atom. The molecule has 0 nitrogen and oxygen atoms in total. The monoisotopic (exact) mass is 736 g/mol. The van der Waals surface area contributed by atoms with Gasteiger partial charge in [-0.15, -0.1) is 0 Å². The first-order valence-electron chi connectivity index (χ1n) is 20.8. The Bertz CT molecular complexity index is 2130. The maximum Gasteiger partial charge on any atom is 0.0701 e. The van der Waals surface area contributed by atoms with E-state index in [0.29, 0.717) is 0 Å². The lowest BCUT2D eigenvalue weighted by Crippen LogP contribution is -2.31. The van der Waals surface area contributed by atoms with Crippen LogP contribution in [0.25, 0.3) is 44.5 Å². The van der Waals surface area contributed by atoms with Crippen molar-refractivity contribution in [1.82, 2.24) is 0 Å². The van der Waals surface area contributed by atoms with Crippen LogP contribution in [0.3, 0.4) is 0 Å². The molecule has 0 saturated heterocycles. The summed E-state index contributed by atoms with van der Waals surface area (Å²) >= 11 is 0. The zero-order valence-corrected chi connectivity index (χ0v) is 33.8. The summed E-state index contributed by atoms with van der Waals surface area (Å²) in [4.78, 5) is 0. The molecule has 8 aromatic carbocycles. The lowest BCUT2D eigenvalue weighted by atomic mass is 9.64. The maximum absolute atomic E-state index is 2.36. The summed E-state index contributed by atoms with van der Waals surface area (Å²) in [6.07, 6.45) is 4.15. The van der Waals surface area contributed by atoms with Gasteiger partial charge in [-0.2, -0.15) is 0 Å². The molecule has 8 aromatic rings. The van der Waals surface area contributed by atoms with Crippen LogP contribution in [0.1, 0.15) is 72.2 Å². The maximum atomic E-state index is 2.36. The highest BCUT2D eigenvalue weighted by Gasteiger charge is 2.38. The van der Waals surface area contributed by atoms with Crippen molar-refractivity contribution < 1.29 is 0 Å². The summed E-state index contributed by atoms with van der Waals surface area (Å²) in [7, 11) is 0. The number of aryl methyl sites for hydroxylation is 4. The third kappa shape index (κ3) is 7.66. The molecule has 0 spiro atoms. The smallest absolute Gasteiger partial charge is 0.0613 e. The molecule has 0 atom stereocenters. The Labute approximate surface area is 340 Å². The van der Waals surface area contributed by atoms with Gasteiger partial charge >= 0.3 is 0 Å². The number of hydrogen-bond donors (Lipinski definition) is 0. The molecule has 0 aliphatic heterocycles. The first-order valence-corrected chi connectivity index (χ1v) is 20.8. The van der Waals surface area contributed by atoms with Gasteiger partial charge in [0.2, 0.25) is 0 Å². The largest absolute Gasteiger partial charge is 0.0701 e. The van der Waals surface area contributed by atoms with E-state index in [1.165, 1.54) is 89.0 Å². The Morgan fingerprint density at radius 2 is 0.351 bits per heavy atom. The predicted molar refractivity (Wildman–Crippen MR) is 244 cm³/mol. The summed E-state index contributed by atoms with van der Waals surface area (Å²) in [5.41, 5.74) is 19.6. The van der Waals surface area contributed by atoms with Crippen molar-refractivity contribution in [3.05, 3.63) is 239 Å². The van der Waals surface area contributed by atoms with Gasteiger partial charge in [0.25, 0.3) is 0 Å². The molecule has 0 heterocycles. The molecule has 0 amide bonds. The van der Waals surface area contributed by atoms with Crippen molar-refractivity contribution in [1.29, 1.82) is 0 Å². The highest BCUT2D eigenvalue weighted by Crippen LogP contribution is 2.47. The Balaban J connectivity index is 1.31. The topological polar surface area (TPSA) is 0 Å². The summed E-state index contributed by atoms with van der Waals surface area (Å²) < 4.78 is 0. The predicted octanol–water partition coefficient (Wildman–Crippen LogP) is 15.0. The molecule has 0 unspecified atom stereocenters. The van der Waals surface area contributed by atoms with E-state index in [0.717, 1.165) is 25.7 Å². The highest BCUT2D eigenvalue weighted by atomic mass is 14.4. The van der Waals surface area contributed by atoms with E-state index in [1.54, 1.807) is 0 Å². The van der Waals surface area contributed by atoms with Crippen LogP contribution in [-0.2, 0) is 31.1 Å². The number of rotatable bonds is 12. The molecular weight excluding hydrogens is 685 g/mol. The molecule has 0 aliphatic carbocycles. The molecule has 0 N–H and O–H groups in total. The standard InChI is InChI=1S/C57H52/c1-5-41-9-17-45(18-10-41)49-25-33-53(34-26-49)57(54-35-27-50(28-36-54)46-19-11-42(6-2)12-20-46,55-37-29-51(30-38-55)47-21-13-43(7-3)14-22-47)56-39-31-52(32-40-56)48-23-15-44(8-4)16-24-48/h9-40H,5-8H2,1-4H3. The summed E-state index contributed by atoms with van der Waals surface area (Å²) in [6, 6.07) is 73.3. The van der Waals surface area contributed by atoms with Crippen LogP contribution in [0, 0.1) is 0 Å². The van der Waals surface area contributed by atoms with Gasteiger partial charge in [0.15, 0.2) is 0 Å². The molecule has 0 bridgehead atoms. The molecule has 0 aromatic heterocycles. The van der Waals surface area contributed by atoms with Crippen LogP contribution in [0.5, 0.6) is 0 Å². The lowest BCUT2D eigenvalue weighted by Gasteiger charge is -2.37. The summed E-state index contributed by atoms with van der Waals surface area (Å²) in [5, 5.41) is 0. The van der Waals surface area contributed by atoms with E-state index < -0.39 is 5.41 Å². The zero-order chi connectivity index (χ0) is 39.2. The van der Waals surface area contributed by atoms with Crippen molar-refractivity contribution in [2.24, 2.45) is 0 Å². The molecule has 0 radical (unpaired) electrons. The first-order chi connectivity index (χ1) is 28.0. The third-order valence-electron chi connectivity index (χ3n) is 12.1. The third-order valence-corrected chi connectivity index (χ3v) is 12.1. The zero-order valence-electron chi connectivity index (χ0n) is 33.8. The van der Waals surface area contributed by atoms with Crippen LogP contribution in [0.15, 0.2) is 194 Å². The van der Waals surface area contributed by atoms with E-state index in [2.05, 4.69) is 222 Å². The summed E-state index contributed by atoms with van der Waals surface area (Å²) in [6.45, 7) is 8.84. The molecule has 0 saturated carbocycles. The molecule has 0 aliphatic rings. The van der Waals surface area contributed by atoms with Gasteiger partial charge in [-0.3, -0.25) is 0 Å². The van der Waals surface area contributed by atoms with Gasteiger partial charge in [-0.1, -0.05) is 222 Å². The van der Waals surface area contributed by atoms with Crippen molar-refractivity contribution >= 4 is 0 Å². The van der Waals surface area contributed by atoms with Crippen molar-refractivity contribution in [2.45, 2.75) is 58.8 Å². The first kappa shape index (κ1) is 37.7. The Hall–Kier alpha value is -6.24. The van der Waals surface area contributed by atoms with Crippen molar-refractivity contribution in [3.8, 4) is 44.5 Å². The van der Waals surface area contributed by atoms with Crippen molar-refractivity contribution in [3.63, 3.8) is 0 Å². The average Bonchev–Trinajstić information content (AvgIpc) is 3.30. The van der Waals surface area contributed by atoms with E-state index in [-0.39, 0.29) is 0 Å². The lowest BCUT2D eigenvalue weighted by molar-refractivity contribution is 0.745. The van der Waals surface area contributed by atoms with Crippen LogP contribution < -0.4 is 0 Å². The van der Waals surface area contributed by atoms with Gasteiger partial charge in [-0.25, -0.2) is 0 Å². The molecule has 8 rings (SSSR count). The minimum Gasteiger partial charge on any atom is -0.0613 e. The molecule has 280 valence electrons. The van der Waals surface area contributed by atoms with Gasteiger partial charge < -0.3 is 0 Å². The fourth-order valence-corrected chi connectivity index (χ4v) is 8.38. The Kier molecular flexibility index (Phi) is 11.1. The van der Waals surface area contributed by atoms with E-state index >= 15 is 0 Å². The molecule has 57 heavy (non-hydrogen) atoms. The van der Waals surface area contributed by atoms with Crippen LogP contribution in [0.2, 0.25) is 0 Å². The van der Waals surface area contributed by atoms with Crippen molar-refractivity contribution in [2.75, 3.05) is 0 Å². The molecular formula is C57H52. The quantitative estimate of drug-likeness (QED) is 0.110. The number of benzene rings is 8. The van der Waals surface area contributed by atoms with Gasteiger partial charge in [0.1, 0.15) is 0 Å². The van der Waals surface area contributed by atoms with Crippen LogP contribution >= 0.6 is 0 Å². The second-order valence-corrected chi connectivity index (χ2v) is 15.3. The Morgan fingerprint density at radius 3 is 0.491 bits per heavy atom. The van der Waals surface area contributed by atoms with Gasteiger partial charge in [0.05, 0.1) is 5.41 Å². The minimum absolute atomic E-state index is 0.593. The second kappa shape index (κ2) is 16.9. The number of hydrogen-bond acceptors (Lipinski definition) is 0. The highest BCUT2D eigenvalue weighted by molar-refractivity contribution is 5.72. The van der Waals surface area contributed by atoms with Crippen LogP contribution in [0.4, 0.5) is 0 Å². The SMILES string of the molecule is CCc1ccc(-c2ccc(C(c3ccc(-c4ccc(CC)cc4)cc3)(c3ccc(-c4ccc(CC)cc4)cc3)c3ccc(-c4ccc(CC)cc4)cc3)cc2)cc1. The van der Waals surface area contributed by atoms with E-state index in [9.17, 15) is 0 Å². The second-order valence-electron chi connectivity index (χ2n) is 15.3. The normalized spacial score (nSPS) is 11.4. The summed E-state index contributed by atoms with van der Waals surface area (Å²) in [5.74, 6) is 0. The van der Waals surface area contributed by atoms with E-state index in [1.807, 2.05) is 0 Å². The minimum atomic E-state index is -0.593. The fraction of sp³-hybridized carbons (Fsp3) is 0.158. The van der Waals surface area contributed by atoms with Gasteiger partial charge in [0, 0.05) is 0 Å². The van der Waals surface area contributed by atoms with Gasteiger partial charge in [-0.05, 0) is 115 Å².